The van der Waals surface area contributed by atoms with Gasteiger partial charge >= 0.3 is 21.4 Å². The van der Waals surface area contributed by atoms with E-state index < -0.39 is 64.0 Å². The molecule has 4 aromatic rings. The van der Waals surface area contributed by atoms with Crippen LogP contribution >= 0.6 is 26.8 Å². The molecule has 0 radical (unpaired) electrons. The minimum Gasteiger partial charge on any atom is -0.387 e. The zero-order chi connectivity index (χ0) is 30.6. The summed E-state index contributed by atoms with van der Waals surface area (Å²) in [5, 5.41) is 23.9. The SMILES string of the molecule is O=P(O)(O)CP(=O)(O)OCC1OC(n2cnc3c(Nc4ccc(C(F)(F)F)c5ccccc45)nc(Cl)nc32)C(O)C1O. The standard InChI is InChI=1S/C22H21ClF3N5O9P2/c23-21-29-18(28-13-6-5-12(22(24,25)26)10-3-1-2-4-11(10)13)15-19(30-21)31(8-27-15)20-17(33)16(32)14(40-20)7-39-42(37,38)9-41(34,35)36/h1-6,8,14,16-17,20,32-33H,7,9H2,(H,37,38)(H,28,29,30)(H2,34,35,36). The second kappa shape index (κ2) is 11.1. The van der Waals surface area contributed by atoms with Gasteiger partial charge in [-0.1, -0.05) is 24.3 Å². The van der Waals surface area contributed by atoms with Crippen LogP contribution in [-0.4, -0.2) is 75.2 Å². The number of aliphatic hydroxyl groups is 2. The molecule has 1 fully saturated rings. The Kier molecular flexibility index (Phi) is 8.13. The highest BCUT2D eigenvalue weighted by Gasteiger charge is 2.46. The minimum absolute atomic E-state index is 0.000218. The first-order valence-electron chi connectivity index (χ1n) is 11.8. The molecule has 6 N–H and O–H groups in total. The fourth-order valence-electron chi connectivity index (χ4n) is 4.51. The molecule has 0 spiro atoms. The molecule has 14 nitrogen and oxygen atoms in total. The van der Waals surface area contributed by atoms with Gasteiger partial charge in [0, 0.05) is 11.1 Å². The Labute approximate surface area is 238 Å². The molecule has 20 heteroatoms. The smallest absolute Gasteiger partial charge is 0.387 e. The average molecular weight is 654 g/mol. The van der Waals surface area contributed by atoms with Gasteiger partial charge in [0.05, 0.1) is 18.5 Å². The number of hydrogen-bond donors (Lipinski definition) is 6. The maximum absolute atomic E-state index is 13.6. The van der Waals surface area contributed by atoms with Crippen LogP contribution in [0.1, 0.15) is 11.8 Å². The van der Waals surface area contributed by atoms with Crippen molar-refractivity contribution >= 4 is 60.2 Å². The molecule has 0 amide bonds. The van der Waals surface area contributed by atoms with Gasteiger partial charge < -0.3 is 39.5 Å². The van der Waals surface area contributed by atoms with Crippen LogP contribution in [0.3, 0.4) is 0 Å². The van der Waals surface area contributed by atoms with E-state index in [-0.39, 0.29) is 38.7 Å². The summed E-state index contributed by atoms with van der Waals surface area (Å²) in [6.45, 7) is -0.807. The lowest BCUT2D eigenvalue weighted by Crippen LogP contribution is -2.33. The van der Waals surface area contributed by atoms with Gasteiger partial charge in [-0.3, -0.25) is 13.7 Å². The molecule has 5 atom stereocenters. The number of imidazole rings is 1. The monoisotopic (exact) mass is 653 g/mol. The van der Waals surface area contributed by atoms with Crippen molar-refractivity contribution < 1.29 is 56.5 Å². The highest BCUT2D eigenvalue weighted by atomic mass is 35.5. The van der Waals surface area contributed by atoms with E-state index in [1.54, 1.807) is 6.07 Å². The van der Waals surface area contributed by atoms with Gasteiger partial charge in [-0.15, -0.1) is 0 Å². The van der Waals surface area contributed by atoms with Crippen LogP contribution < -0.4 is 5.32 Å². The Morgan fingerprint density at radius 3 is 2.40 bits per heavy atom. The summed E-state index contributed by atoms with van der Waals surface area (Å²) in [7, 11) is -9.67. The van der Waals surface area contributed by atoms with Gasteiger partial charge in [-0.25, -0.2) is 4.98 Å². The molecule has 5 unspecified atom stereocenters. The van der Waals surface area contributed by atoms with Crippen molar-refractivity contribution in [3.05, 3.63) is 53.6 Å². The molecule has 2 aromatic carbocycles. The fraction of sp³-hybridized carbons (Fsp3) is 0.318. The van der Waals surface area contributed by atoms with E-state index in [4.69, 9.17) is 30.6 Å². The Hall–Kier alpha value is -2.69. The summed E-state index contributed by atoms with van der Waals surface area (Å²) in [5.74, 6) is -1.46. The summed E-state index contributed by atoms with van der Waals surface area (Å²) in [4.78, 5) is 40.0. The number of aromatic nitrogens is 4. The summed E-state index contributed by atoms with van der Waals surface area (Å²) >= 11 is 6.13. The van der Waals surface area contributed by atoms with Crippen molar-refractivity contribution in [2.24, 2.45) is 0 Å². The Morgan fingerprint density at radius 2 is 1.74 bits per heavy atom. The van der Waals surface area contributed by atoms with Crippen LogP contribution in [0.5, 0.6) is 0 Å². The fourth-order valence-corrected chi connectivity index (χ4v) is 7.24. The third-order valence-corrected chi connectivity index (χ3v) is 9.92. The predicted molar refractivity (Wildman–Crippen MR) is 141 cm³/mol. The van der Waals surface area contributed by atoms with E-state index in [0.29, 0.717) is 0 Å². The zero-order valence-electron chi connectivity index (χ0n) is 20.8. The van der Waals surface area contributed by atoms with Crippen LogP contribution in [0, 0.1) is 0 Å². The number of aliphatic hydroxyl groups excluding tert-OH is 2. The number of hydrogen-bond acceptors (Lipinski definition) is 10. The number of ether oxygens (including phenoxy) is 1. The van der Waals surface area contributed by atoms with Crippen molar-refractivity contribution in [3.8, 4) is 0 Å². The molecule has 226 valence electrons. The average Bonchev–Trinajstić information content (AvgIpc) is 3.41. The number of benzene rings is 2. The molecule has 3 heterocycles. The lowest BCUT2D eigenvalue weighted by molar-refractivity contribution is -0.136. The van der Waals surface area contributed by atoms with Crippen LogP contribution in [0.25, 0.3) is 21.9 Å². The molecule has 42 heavy (non-hydrogen) atoms. The third-order valence-electron chi connectivity index (χ3n) is 6.29. The Bertz CT molecular complexity index is 1750. The third kappa shape index (κ3) is 6.31. The predicted octanol–water partition coefficient (Wildman–Crippen LogP) is 3.35. The van der Waals surface area contributed by atoms with E-state index in [0.717, 1.165) is 6.07 Å². The molecular formula is C22H21ClF3N5O9P2. The summed E-state index contributed by atoms with van der Waals surface area (Å²) in [6, 6.07) is 7.99. The zero-order valence-corrected chi connectivity index (χ0v) is 23.4. The van der Waals surface area contributed by atoms with Crippen LogP contribution in [0.2, 0.25) is 5.28 Å². The first kappa shape index (κ1) is 30.8. The minimum atomic E-state index is -4.90. The molecule has 2 aromatic heterocycles. The first-order chi connectivity index (χ1) is 19.5. The molecular weight excluding hydrogens is 633 g/mol. The molecule has 1 aliphatic rings. The number of fused-ring (bicyclic) bond motifs is 2. The molecule has 0 bridgehead atoms. The highest BCUT2D eigenvalue weighted by Crippen LogP contribution is 2.55. The largest absolute Gasteiger partial charge is 0.417 e. The van der Waals surface area contributed by atoms with Crippen molar-refractivity contribution in [2.45, 2.75) is 30.7 Å². The van der Waals surface area contributed by atoms with Crippen LogP contribution in [-0.2, 0) is 24.6 Å². The van der Waals surface area contributed by atoms with Gasteiger partial charge in [-0.2, -0.15) is 23.1 Å². The summed E-state index contributed by atoms with van der Waals surface area (Å²) < 4.78 is 75.2. The second-order valence-electron chi connectivity index (χ2n) is 9.28. The lowest BCUT2D eigenvalue weighted by Gasteiger charge is -2.18. The van der Waals surface area contributed by atoms with Gasteiger partial charge in [0.2, 0.25) is 5.28 Å². The van der Waals surface area contributed by atoms with Gasteiger partial charge in [-0.05, 0) is 29.1 Å². The number of nitrogens with one attached hydrogen (secondary N) is 1. The van der Waals surface area contributed by atoms with E-state index in [1.165, 1.54) is 35.2 Å². The second-order valence-corrected chi connectivity index (χ2v) is 13.6. The van der Waals surface area contributed by atoms with Gasteiger partial charge in [0.25, 0.3) is 0 Å². The van der Waals surface area contributed by atoms with Crippen molar-refractivity contribution in [1.82, 2.24) is 19.5 Å². The normalized spacial score (nSPS) is 23.0. The van der Waals surface area contributed by atoms with Crippen molar-refractivity contribution in [3.63, 3.8) is 0 Å². The quantitative estimate of drug-likeness (QED) is 0.119. The molecule has 0 saturated carbocycles. The number of rotatable bonds is 8. The maximum Gasteiger partial charge on any atom is 0.417 e. The maximum atomic E-state index is 13.6. The highest BCUT2D eigenvalue weighted by molar-refractivity contribution is 7.70. The number of anilines is 2. The van der Waals surface area contributed by atoms with E-state index in [2.05, 4.69) is 20.3 Å². The van der Waals surface area contributed by atoms with Crippen molar-refractivity contribution in [1.29, 1.82) is 0 Å². The summed E-state index contributed by atoms with van der Waals surface area (Å²) in [5.41, 5.74) is -0.531. The Balaban J connectivity index is 1.44. The van der Waals surface area contributed by atoms with Crippen LogP contribution in [0.15, 0.2) is 42.7 Å². The van der Waals surface area contributed by atoms with E-state index in [9.17, 15) is 37.4 Å². The van der Waals surface area contributed by atoms with Crippen molar-refractivity contribution in [2.75, 3.05) is 17.8 Å². The topological polar surface area (TPSA) is 209 Å². The molecule has 1 saturated heterocycles. The van der Waals surface area contributed by atoms with Gasteiger partial charge in [0.15, 0.2) is 29.1 Å². The lowest BCUT2D eigenvalue weighted by atomic mass is 10.0. The van der Waals surface area contributed by atoms with Gasteiger partial charge in [0.1, 0.15) is 18.3 Å². The first-order valence-corrected chi connectivity index (χ1v) is 15.8. The number of alkyl halides is 3. The molecule has 1 aliphatic heterocycles. The van der Waals surface area contributed by atoms with E-state index >= 15 is 0 Å². The summed E-state index contributed by atoms with van der Waals surface area (Å²) in [6.07, 6.45) is -9.54. The number of nitrogens with zero attached hydrogens (tertiary/aromatic N) is 4. The van der Waals surface area contributed by atoms with E-state index in [1.807, 2.05) is 0 Å². The number of halogens is 4. The molecule has 0 aliphatic carbocycles. The molecule has 5 rings (SSSR count). The van der Waals surface area contributed by atoms with Crippen LogP contribution in [0.4, 0.5) is 24.7 Å². The Morgan fingerprint density at radius 1 is 1.05 bits per heavy atom.